The molecule has 0 saturated heterocycles. The number of ketones is 1. The number of aromatic nitrogens is 3. The molecule has 1 aromatic heterocycles. The van der Waals surface area contributed by atoms with E-state index in [2.05, 4.69) is 31.0 Å². The Morgan fingerprint density at radius 2 is 1.78 bits per heavy atom. The lowest BCUT2D eigenvalue weighted by molar-refractivity contribution is -0.118. The number of rotatable bonds is 6. The van der Waals surface area contributed by atoms with E-state index in [-0.39, 0.29) is 29.5 Å². The van der Waals surface area contributed by atoms with Gasteiger partial charge in [-0.2, -0.15) is 0 Å². The molecule has 166 valence electrons. The second-order valence-electron chi connectivity index (χ2n) is 8.71. The van der Waals surface area contributed by atoms with Gasteiger partial charge in [0.1, 0.15) is 18.4 Å². The van der Waals surface area contributed by atoms with E-state index < -0.39 is 6.04 Å². The lowest BCUT2D eigenvalue weighted by Crippen LogP contribution is -2.54. The third-order valence-electron chi connectivity index (χ3n) is 5.37. The molecular weight excluding hydrogens is 424 g/mol. The van der Waals surface area contributed by atoms with Crippen molar-refractivity contribution in [2.24, 2.45) is 0 Å². The highest BCUT2D eigenvalue weighted by Crippen LogP contribution is 2.27. The molecule has 4 rings (SSSR count). The zero-order chi connectivity index (χ0) is 22.9. The highest BCUT2D eigenvalue weighted by molar-refractivity contribution is 7.99. The van der Waals surface area contributed by atoms with Gasteiger partial charge in [0.15, 0.2) is 11.6 Å². The van der Waals surface area contributed by atoms with Gasteiger partial charge in [-0.05, 0) is 30.0 Å². The van der Waals surface area contributed by atoms with E-state index in [0.717, 1.165) is 0 Å². The summed E-state index contributed by atoms with van der Waals surface area (Å²) in [7, 11) is 0. The summed E-state index contributed by atoms with van der Waals surface area (Å²) in [4.78, 5) is 25.9. The second-order valence-corrected chi connectivity index (χ2v) is 9.65. The van der Waals surface area contributed by atoms with E-state index >= 15 is 0 Å². The summed E-state index contributed by atoms with van der Waals surface area (Å²) >= 11 is 1.30. The molecule has 0 fully saturated rings. The number of carbonyl (C=O) groups is 2. The molecule has 1 aliphatic heterocycles. The summed E-state index contributed by atoms with van der Waals surface area (Å²) in [5, 5.41) is 10.5. The van der Waals surface area contributed by atoms with Gasteiger partial charge in [-0.25, -0.2) is 9.69 Å². The topological polar surface area (TPSA) is 77.3 Å². The molecule has 0 saturated carbocycles. The summed E-state index contributed by atoms with van der Waals surface area (Å²) in [6.45, 7) is 8.33. The fourth-order valence-corrected chi connectivity index (χ4v) is 4.34. The van der Waals surface area contributed by atoms with Gasteiger partial charge in [-0.15, -0.1) is 10.2 Å². The standard InChI is InChI=1S/C24H26N4O3S/c1-16(22(30)17-8-6-5-7-9-17)27-21(29)15-32-23-26-25-20(28(23)27)14-31-19-12-10-18(11-13-19)24(2,3)4/h5-13,16H,14-15H2,1-4H3. The molecule has 0 spiro atoms. The molecule has 1 aliphatic rings. The van der Waals surface area contributed by atoms with Gasteiger partial charge in [0.2, 0.25) is 5.16 Å². The van der Waals surface area contributed by atoms with Crippen LogP contribution >= 0.6 is 11.8 Å². The lowest BCUT2D eigenvalue weighted by atomic mass is 9.87. The Hall–Kier alpha value is -3.13. The summed E-state index contributed by atoms with van der Waals surface area (Å²) in [6, 6.07) is 16.2. The van der Waals surface area contributed by atoms with Crippen LogP contribution in [-0.4, -0.2) is 38.4 Å². The maximum absolute atomic E-state index is 13.0. The number of benzene rings is 2. The van der Waals surface area contributed by atoms with Crippen molar-refractivity contribution in [2.45, 2.75) is 50.9 Å². The molecule has 1 unspecified atom stereocenters. The Balaban J connectivity index is 1.56. The third-order valence-corrected chi connectivity index (χ3v) is 6.27. The van der Waals surface area contributed by atoms with Crippen LogP contribution in [0, 0.1) is 0 Å². The van der Waals surface area contributed by atoms with Crippen molar-refractivity contribution in [3.63, 3.8) is 0 Å². The predicted octanol–water partition coefficient (Wildman–Crippen LogP) is 4.00. The van der Waals surface area contributed by atoms with Crippen LogP contribution in [-0.2, 0) is 16.8 Å². The van der Waals surface area contributed by atoms with Crippen molar-refractivity contribution < 1.29 is 14.3 Å². The first-order valence-corrected chi connectivity index (χ1v) is 11.5. The van der Waals surface area contributed by atoms with Crippen LogP contribution in [0.2, 0.25) is 0 Å². The smallest absolute Gasteiger partial charge is 0.252 e. The van der Waals surface area contributed by atoms with E-state index in [1.54, 1.807) is 23.7 Å². The molecule has 32 heavy (non-hydrogen) atoms. The minimum Gasteiger partial charge on any atom is -0.486 e. The average molecular weight is 451 g/mol. The minimum atomic E-state index is -0.703. The molecule has 1 atom stereocenters. The molecule has 0 aliphatic carbocycles. The van der Waals surface area contributed by atoms with Crippen molar-refractivity contribution in [3.05, 3.63) is 71.5 Å². The molecule has 0 bridgehead atoms. The van der Waals surface area contributed by atoms with E-state index in [1.165, 1.54) is 22.3 Å². The van der Waals surface area contributed by atoms with Gasteiger partial charge in [0.25, 0.3) is 5.91 Å². The second kappa shape index (κ2) is 8.78. The predicted molar refractivity (Wildman–Crippen MR) is 124 cm³/mol. The highest BCUT2D eigenvalue weighted by atomic mass is 32.2. The number of hydrogen-bond acceptors (Lipinski definition) is 6. The largest absolute Gasteiger partial charge is 0.486 e. The van der Waals surface area contributed by atoms with Crippen molar-refractivity contribution >= 4 is 23.5 Å². The van der Waals surface area contributed by atoms with Gasteiger partial charge in [-0.3, -0.25) is 9.59 Å². The number of fused-ring (bicyclic) bond motifs is 1. The van der Waals surface area contributed by atoms with Crippen LogP contribution in [0.4, 0.5) is 0 Å². The maximum atomic E-state index is 13.0. The molecule has 0 radical (unpaired) electrons. The van der Waals surface area contributed by atoms with Crippen LogP contribution in [0.3, 0.4) is 0 Å². The van der Waals surface area contributed by atoms with Gasteiger partial charge in [0.05, 0.1) is 5.75 Å². The van der Waals surface area contributed by atoms with Crippen molar-refractivity contribution in [1.82, 2.24) is 14.9 Å². The Bertz CT molecular complexity index is 1120. The number of carbonyl (C=O) groups excluding carboxylic acids is 2. The molecule has 2 heterocycles. The van der Waals surface area contributed by atoms with Crippen molar-refractivity contribution in [1.29, 1.82) is 0 Å². The summed E-state index contributed by atoms with van der Waals surface area (Å²) in [5.74, 6) is 1.06. The maximum Gasteiger partial charge on any atom is 0.252 e. The normalized spacial score (nSPS) is 14.8. The molecular formula is C24H26N4O3S. The van der Waals surface area contributed by atoms with E-state index in [4.69, 9.17) is 4.74 Å². The van der Waals surface area contributed by atoms with Gasteiger partial charge in [-0.1, -0.05) is 75.0 Å². The zero-order valence-corrected chi connectivity index (χ0v) is 19.4. The summed E-state index contributed by atoms with van der Waals surface area (Å²) in [6.07, 6.45) is 0. The summed E-state index contributed by atoms with van der Waals surface area (Å²) in [5.41, 5.74) is 1.83. The number of amides is 1. The fourth-order valence-electron chi connectivity index (χ4n) is 3.54. The van der Waals surface area contributed by atoms with Crippen molar-refractivity contribution in [3.8, 4) is 5.75 Å². The lowest BCUT2D eigenvalue weighted by Gasteiger charge is -2.33. The van der Waals surface area contributed by atoms with Crippen LogP contribution < -0.4 is 9.75 Å². The number of nitrogens with zero attached hydrogens (tertiary/aromatic N) is 4. The Kier molecular flexibility index (Phi) is 6.06. The Labute approximate surface area is 191 Å². The number of Topliss-reactive ketones (excluding diaryl/α,β-unsaturated/α-hetero) is 1. The van der Waals surface area contributed by atoms with E-state index in [1.807, 2.05) is 42.5 Å². The SMILES string of the molecule is CC(C(=O)c1ccccc1)N1C(=O)CSc2nnc(COc3ccc(C(C)(C)C)cc3)n21. The summed E-state index contributed by atoms with van der Waals surface area (Å²) < 4.78 is 7.55. The zero-order valence-electron chi connectivity index (χ0n) is 18.6. The van der Waals surface area contributed by atoms with Crippen LogP contribution in [0.1, 0.15) is 49.4 Å². The molecule has 7 nitrogen and oxygen atoms in total. The van der Waals surface area contributed by atoms with Crippen LogP contribution in [0.25, 0.3) is 0 Å². The van der Waals surface area contributed by atoms with Crippen LogP contribution in [0.15, 0.2) is 59.8 Å². The fraction of sp³-hybridized carbons (Fsp3) is 0.333. The number of thioether (sulfide) groups is 1. The quantitative estimate of drug-likeness (QED) is 0.529. The molecule has 8 heteroatoms. The van der Waals surface area contributed by atoms with Crippen LogP contribution in [0.5, 0.6) is 5.75 Å². The first-order valence-electron chi connectivity index (χ1n) is 10.5. The monoisotopic (exact) mass is 450 g/mol. The first kappa shape index (κ1) is 22.1. The minimum absolute atomic E-state index is 0.0596. The van der Waals surface area contributed by atoms with Crippen molar-refractivity contribution in [2.75, 3.05) is 10.8 Å². The molecule has 0 N–H and O–H groups in total. The Morgan fingerprint density at radius 1 is 1.09 bits per heavy atom. The number of ether oxygens (including phenoxy) is 1. The van der Waals surface area contributed by atoms with Gasteiger partial charge < -0.3 is 4.74 Å². The van der Waals surface area contributed by atoms with E-state index in [0.29, 0.717) is 22.3 Å². The van der Waals surface area contributed by atoms with Gasteiger partial charge in [0, 0.05) is 5.56 Å². The first-order chi connectivity index (χ1) is 15.3. The molecule has 1 amide bonds. The van der Waals surface area contributed by atoms with Gasteiger partial charge >= 0.3 is 0 Å². The average Bonchev–Trinajstić information content (AvgIpc) is 3.20. The molecule has 3 aromatic rings. The highest BCUT2D eigenvalue weighted by Gasteiger charge is 2.35. The number of hydrogen-bond donors (Lipinski definition) is 0. The van der Waals surface area contributed by atoms with E-state index in [9.17, 15) is 9.59 Å². The molecule has 2 aromatic carbocycles. The third kappa shape index (κ3) is 4.41. The Morgan fingerprint density at radius 3 is 2.44 bits per heavy atom.